The average Bonchev–Trinajstić information content (AvgIpc) is 2.83. The molecule has 4 nitrogen and oxygen atoms in total. The highest BCUT2D eigenvalue weighted by molar-refractivity contribution is 7.98. The van der Waals surface area contributed by atoms with Gasteiger partial charge in [0, 0.05) is 12.7 Å². The number of aromatic nitrogens is 2. The predicted octanol–water partition coefficient (Wildman–Crippen LogP) is 2.18. The Morgan fingerprint density at radius 2 is 2.44 bits per heavy atom. The van der Waals surface area contributed by atoms with Gasteiger partial charge in [0.25, 0.3) is 0 Å². The normalized spacial score (nSPS) is 22.0. The summed E-state index contributed by atoms with van der Waals surface area (Å²) in [5.74, 6) is 0.877. The van der Waals surface area contributed by atoms with E-state index in [1.165, 1.54) is 0 Å². The van der Waals surface area contributed by atoms with Crippen LogP contribution in [0.25, 0.3) is 0 Å². The monoisotopic (exact) mass is 239 g/mol. The molecule has 5 heteroatoms. The number of ether oxygens (including phenoxy) is 1. The van der Waals surface area contributed by atoms with Crippen LogP contribution in [0.5, 0.6) is 0 Å². The Morgan fingerprint density at radius 1 is 1.56 bits per heavy atom. The van der Waals surface area contributed by atoms with Gasteiger partial charge >= 0.3 is 0 Å². The molecule has 2 heterocycles. The largest absolute Gasteiger partial charge is 0.376 e. The number of nitrogens with zero attached hydrogens (tertiary/aromatic N) is 2. The van der Waals surface area contributed by atoms with E-state index in [0.29, 0.717) is 12.1 Å². The van der Waals surface area contributed by atoms with E-state index in [0.717, 1.165) is 30.3 Å². The zero-order chi connectivity index (χ0) is 11.4. The van der Waals surface area contributed by atoms with Crippen LogP contribution in [0.3, 0.4) is 0 Å². The first kappa shape index (κ1) is 11.7. The van der Waals surface area contributed by atoms with Crippen molar-refractivity contribution in [1.82, 2.24) is 9.97 Å². The minimum Gasteiger partial charge on any atom is -0.376 e. The van der Waals surface area contributed by atoms with Gasteiger partial charge < -0.3 is 10.1 Å². The van der Waals surface area contributed by atoms with Crippen LogP contribution in [0.4, 0.5) is 5.82 Å². The van der Waals surface area contributed by atoms with Crippen LogP contribution in [0.1, 0.15) is 19.8 Å². The van der Waals surface area contributed by atoms with Crippen LogP contribution in [-0.4, -0.2) is 35.0 Å². The zero-order valence-electron chi connectivity index (χ0n) is 9.64. The summed E-state index contributed by atoms with van der Waals surface area (Å²) in [5, 5.41) is 4.35. The van der Waals surface area contributed by atoms with Gasteiger partial charge in [-0.3, -0.25) is 0 Å². The Balaban J connectivity index is 1.96. The molecule has 0 bridgehead atoms. The molecule has 0 amide bonds. The van der Waals surface area contributed by atoms with Crippen molar-refractivity contribution in [2.75, 3.05) is 18.2 Å². The number of hydrogen-bond donors (Lipinski definition) is 1. The molecule has 88 valence electrons. The number of hydrogen-bond acceptors (Lipinski definition) is 5. The van der Waals surface area contributed by atoms with Crippen molar-refractivity contribution in [2.45, 2.75) is 36.9 Å². The summed E-state index contributed by atoms with van der Waals surface area (Å²) in [7, 11) is 0. The summed E-state index contributed by atoms with van der Waals surface area (Å²) in [6, 6.07) is 2.27. The fraction of sp³-hybridized carbons (Fsp3) is 0.636. The van der Waals surface area contributed by atoms with E-state index in [4.69, 9.17) is 4.74 Å². The minimum absolute atomic E-state index is 0.298. The molecule has 0 saturated carbocycles. The summed E-state index contributed by atoms with van der Waals surface area (Å²) in [6.07, 6.45) is 6.21. The van der Waals surface area contributed by atoms with Crippen molar-refractivity contribution < 1.29 is 4.74 Å². The van der Waals surface area contributed by atoms with Crippen LogP contribution in [-0.2, 0) is 4.74 Å². The Kier molecular flexibility index (Phi) is 4.01. The summed E-state index contributed by atoms with van der Waals surface area (Å²) in [4.78, 5) is 8.35. The van der Waals surface area contributed by atoms with Gasteiger partial charge in [0.2, 0.25) is 0 Å². The van der Waals surface area contributed by atoms with E-state index < -0.39 is 0 Å². The second-order valence-electron chi connectivity index (χ2n) is 3.93. The van der Waals surface area contributed by atoms with E-state index in [1.54, 1.807) is 18.1 Å². The molecule has 0 aromatic carbocycles. The fourth-order valence-electron chi connectivity index (χ4n) is 1.85. The number of anilines is 1. The molecule has 1 N–H and O–H groups in total. The molecular weight excluding hydrogens is 222 g/mol. The van der Waals surface area contributed by atoms with Gasteiger partial charge in [-0.25, -0.2) is 9.97 Å². The third kappa shape index (κ3) is 2.86. The first-order chi connectivity index (χ1) is 7.79. The number of rotatable bonds is 4. The Morgan fingerprint density at radius 3 is 3.12 bits per heavy atom. The molecule has 2 rings (SSSR count). The first-order valence-electron chi connectivity index (χ1n) is 5.54. The summed E-state index contributed by atoms with van der Waals surface area (Å²) in [5.41, 5.74) is 0. The third-order valence-corrected chi connectivity index (χ3v) is 3.39. The predicted molar refractivity (Wildman–Crippen MR) is 65.9 cm³/mol. The van der Waals surface area contributed by atoms with Crippen LogP contribution >= 0.6 is 11.8 Å². The molecule has 2 unspecified atom stereocenters. The standard InChI is InChI=1S/C11H17N3OS/c1-8(9-4-3-5-15-9)14-10-6-11(16-2)13-7-12-10/h6-9H,3-5H2,1-2H3,(H,12,13,14). The molecule has 1 aromatic heterocycles. The second kappa shape index (κ2) is 5.50. The smallest absolute Gasteiger partial charge is 0.130 e. The lowest BCUT2D eigenvalue weighted by molar-refractivity contribution is 0.0995. The molecule has 1 aliphatic heterocycles. The van der Waals surface area contributed by atoms with Gasteiger partial charge in [-0.2, -0.15) is 0 Å². The van der Waals surface area contributed by atoms with Crippen molar-refractivity contribution in [3.05, 3.63) is 12.4 Å². The van der Waals surface area contributed by atoms with Gasteiger partial charge in [-0.05, 0) is 26.0 Å². The molecule has 1 aliphatic rings. The van der Waals surface area contributed by atoms with Crippen molar-refractivity contribution in [1.29, 1.82) is 0 Å². The topological polar surface area (TPSA) is 47.0 Å². The maximum absolute atomic E-state index is 5.63. The van der Waals surface area contributed by atoms with Gasteiger partial charge in [0.15, 0.2) is 0 Å². The van der Waals surface area contributed by atoms with Crippen molar-refractivity contribution in [3.63, 3.8) is 0 Å². The Hall–Kier alpha value is -0.810. The minimum atomic E-state index is 0.298. The van der Waals surface area contributed by atoms with Gasteiger partial charge in [-0.15, -0.1) is 11.8 Å². The van der Waals surface area contributed by atoms with Crippen molar-refractivity contribution >= 4 is 17.6 Å². The van der Waals surface area contributed by atoms with E-state index >= 15 is 0 Å². The van der Waals surface area contributed by atoms with Crippen LogP contribution in [0.2, 0.25) is 0 Å². The first-order valence-corrected chi connectivity index (χ1v) is 6.76. The summed E-state index contributed by atoms with van der Waals surface area (Å²) >= 11 is 1.62. The molecule has 16 heavy (non-hydrogen) atoms. The van der Waals surface area contributed by atoms with Crippen molar-refractivity contribution in [2.24, 2.45) is 0 Å². The van der Waals surface area contributed by atoms with E-state index in [-0.39, 0.29) is 0 Å². The van der Waals surface area contributed by atoms with Crippen LogP contribution in [0.15, 0.2) is 17.4 Å². The third-order valence-electron chi connectivity index (χ3n) is 2.75. The zero-order valence-corrected chi connectivity index (χ0v) is 10.5. The molecule has 0 spiro atoms. The van der Waals surface area contributed by atoms with E-state index in [1.807, 2.05) is 12.3 Å². The molecule has 2 atom stereocenters. The van der Waals surface area contributed by atoms with Gasteiger partial charge in [-0.1, -0.05) is 0 Å². The molecule has 1 saturated heterocycles. The lowest BCUT2D eigenvalue weighted by atomic mass is 10.1. The molecule has 0 aliphatic carbocycles. The average molecular weight is 239 g/mol. The van der Waals surface area contributed by atoms with Crippen LogP contribution < -0.4 is 5.32 Å². The van der Waals surface area contributed by atoms with Gasteiger partial charge in [0.05, 0.1) is 12.1 Å². The quantitative estimate of drug-likeness (QED) is 0.644. The lowest BCUT2D eigenvalue weighted by Crippen LogP contribution is -2.30. The number of nitrogens with one attached hydrogen (secondary N) is 1. The number of thioether (sulfide) groups is 1. The molecule has 1 aromatic rings. The fourth-order valence-corrected chi connectivity index (χ4v) is 2.24. The molecule has 0 radical (unpaired) electrons. The van der Waals surface area contributed by atoms with Gasteiger partial charge in [0.1, 0.15) is 17.2 Å². The van der Waals surface area contributed by atoms with E-state index in [2.05, 4.69) is 22.2 Å². The highest BCUT2D eigenvalue weighted by atomic mass is 32.2. The SMILES string of the molecule is CSc1cc(NC(C)C2CCCO2)ncn1. The summed E-state index contributed by atoms with van der Waals surface area (Å²) < 4.78 is 5.63. The van der Waals surface area contributed by atoms with Crippen LogP contribution in [0, 0.1) is 0 Å². The molecular formula is C11H17N3OS. The van der Waals surface area contributed by atoms with E-state index in [9.17, 15) is 0 Å². The van der Waals surface area contributed by atoms with Crippen molar-refractivity contribution in [3.8, 4) is 0 Å². The lowest BCUT2D eigenvalue weighted by Gasteiger charge is -2.20. The highest BCUT2D eigenvalue weighted by Crippen LogP contribution is 2.19. The summed E-state index contributed by atoms with van der Waals surface area (Å²) in [6.45, 7) is 3.02. The Bertz CT molecular complexity index is 342. The Labute approximate surface area is 100 Å². The highest BCUT2D eigenvalue weighted by Gasteiger charge is 2.22. The second-order valence-corrected chi connectivity index (χ2v) is 4.76. The maximum Gasteiger partial charge on any atom is 0.130 e. The maximum atomic E-state index is 5.63. The molecule has 1 fully saturated rings.